The number of rotatable bonds is 8. The Balaban J connectivity index is 3.04. The zero-order valence-corrected chi connectivity index (χ0v) is 17.3. The summed E-state index contributed by atoms with van der Waals surface area (Å²) in [5, 5.41) is 3.11. The first-order valence-electron chi connectivity index (χ1n) is 9.55. The molecule has 1 aromatic carbocycles. The summed E-state index contributed by atoms with van der Waals surface area (Å²) in [7, 11) is 0. The Kier molecular flexibility index (Phi) is 8.62. The number of ether oxygens (including phenoxy) is 1. The summed E-state index contributed by atoms with van der Waals surface area (Å²) in [6.07, 6.45) is 0.197. The van der Waals surface area contributed by atoms with Gasteiger partial charge in [0.1, 0.15) is 0 Å². The summed E-state index contributed by atoms with van der Waals surface area (Å²) in [6, 6.07) is 5.97. The van der Waals surface area contributed by atoms with Gasteiger partial charge in [-0.1, -0.05) is 45.9 Å². The Morgan fingerprint density at radius 3 is 2.00 bits per heavy atom. The van der Waals surface area contributed by atoms with Gasteiger partial charge in [0.15, 0.2) is 0 Å². The SMILES string of the molecule is CCOC(=O)CCN(C(=O)Nc1c(C(C)C)cccc1C(C)C)C(C)C. The molecule has 1 rings (SSSR count). The molecule has 0 atom stereocenters. The van der Waals surface area contributed by atoms with Gasteiger partial charge in [0.05, 0.1) is 13.0 Å². The standard InChI is InChI=1S/C21H34N2O3/c1-8-26-19(24)12-13-23(16(6)7)21(25)22-20-17(14(2)3)10-9-11-18(20)15(4)5/h9-11,14-16H,8,12-13H2,1-7H3,(H,22,25). The van der Waals surface area contributed by atoms with Crippen LogP contribution >= 0.6 is 0 Å². The zero-order valence-electron chi connectivity index (χ0n) is 17.3. The van der Waals surface area contributed by atoms with Gasteiger partial charge in [0.25, 0.3) is 0 Å². The molecule has 0 saturated carbocycles. The molecule has 0 heterocycles. The fourth-order valence-corrected chi connectivity index (χ4v) is 2.91. The van der Waals surface area contributed by atoms with Crippen molar-refractivity contribution in [3.8, 4) is 0 Å². The number of hydrogen-bond acceptors (Lipinski definition) is 3. The molecule has 5 heteroatoms. The van der Waals surface area contributed by atoms with E-state index in [-0.39, 0.29) is 24.5 Å². The Hall–Kier alpha value is -2.04. The lowest BCUT2D eigenvalue weighted by molar-refractivity contribution is -0.143. The number of esters is 1. The van der Waals surface area contributed by atoms with Gasteiger partial charge in [-0.2, -0.15) is 0 Å². The molecule has 5 nitrogen and oxygen atoms in total. The van der Waals surface area contributed by atoms with Crippen LogP contribution in [-0.2, 0) is 9.53 Å². The molecule has 146 valence electrons. The van der Waals surface area contributed by atoms with Gasteiger partial charge in [-0.25, -0.2) is 4.79 Å². The fourth-order valence-electron chi connectivity index (χ4n) is 2.91. The Labute approximate surface area is 158 Å². The van der Waals surface area contributed by atoms with Gasteiger partial charge in [-0.15, -0.1) is 0 Å². The summed E-state index contributed by atoms with van der Waals surface area (Å²) in [5.41, 5.74) is 3.14. The number of carbonyl (C=O) groups excluding carboxylic acids is 2. The van der Waals surface area contributed by atoms with E-state index < -0.39 is 0 Å². The summed E-state index contributed by atoms with van der Waals surface area (Å²) >= 11 is 0. The third-order valence-corrected chi connectivity index (χ3v) is 4.35. The van der Waals surface area contributed by atoms with Crippen molar-refractivity contribution < 1.29 is 14.3 Å². The third-order valence-electron chi connectivity index (χ3n) is 4.35. The highest BCUT2D eigenvalue weighted by Gasteiger charge is 2.22. The van der Waals surface area contributed by atoms with Gasteiger partial charge in [-0.3, -0.25) is 4.79 Å². The van der Waals surface area contributed by atoms with Crippen molar-refractivity contribution in [3.63, 3.8) is 0 Å². The van der Waals surface area contributed by atoms with E-state index in [0.29, 0.717) is 25.0 Å². The summed E-state index contributed by atoms with van der Waals surface area (Å²) in [5.74, 6) is 0.323. The lowest BCUT2D eigenvalue weighted by Crippen LogP contribution is -2.41. The number of nitrogens with one attached hydrogen (secondary N) is 1. The molecule has 0 aliphatic heterocycles. The van der Waals surface area contributed by atoms with Crippen LogP contribution in [0.5, 0.6) is 0 Å². The third kappa shape index (κ3) is 6.04. The van der Waals surface area contributed by atoms with Gasteiger partial charge in [-0.05, 0) is 43.7 Å². The molecule has 2 amide bonds. The van der Waals surface area contributed by atoms with Crippen LogP contribution in [0.4, 0.5) is 10.5 Å². The molecule has 26 heavy (non-hydrogen) atoms. The molecule has 0 fully saturated rings. The van der Waals surface area contributed by atoms with Crippen molar-refractivity contribution in [2.75, 3.05) is 18.5 Å². The van der Waals surface area contributed by atoms with Crippen LogP contribution in [0, 0.1) is 0 Å². The molecule has 0 spiro atoms. The van der Waals surface area contributed by atoms with Gasteiger partial charge >= 0.3 is 12.0 Å². The highest BCUT2D eigenvalue weighted by Crippen LogP contribution is 2.32. The molecule has 0 radical (unpaired) electrons. The molecular formula is C21H34N2O3. The van der Waals surface area contributed by atoms with E-state index in [4.69, 9.17) is 4.74 Å². The highest BCUT2D eigenvalue weighted by molar-refractivity contribution is 5.92. The molecule has 0 aliphatic carbocycles. The van der Waals surface area contributed by atoms with Gasteiger partial charge < -0.3 is 15.0 Å². The van der Waals surface area contributed by atoms with Crippen molar-refractivity contribution in [2.24, 2.45) is 0 Å². The molecule has 0 aliphatic rings. The Bertz CT molecular complexity index is 583. The van der Waals surface area contributed by atoms with E-state index in [0.717, 1.165) is 16.8 Å². The van der Waals surface area contributed by atoms with Gasteiger partial charge in [0, 0.05) is 18.3 Å². The van der Waals surface area contributed by atoms with E-state index in [1.165, 1.54) is 0 Å². The maximum absolute atomic E-state index is 12.9. The van der Waals surface area contributed by atoms with Crippen molar-refractivity contribution in [1.82, 2.24) is 4.90 Å². The lowest BCUT2D eigenvalue weighted by Gasteiger charge is -2.28. The Morgan fingerprint density at radius 1 is 1.04 bits per heavy atom. The minimum absolute atomic E-state index is 0.0156. The average molecular weight is 363 g/mol. The lowest BCUT2D eigenvalue weighted by atomic mass is 9.93. The molecule has 0 unspecified atom stereocenters. The predicted octanol–water partition coefficient (Wildman–Crippen LogP) is 5.13. The van der Waals surface area contributed by atoms with Crippen molar-refractivity contribution in [1.29, 1.82) is 0 Å². The topological polar surface area (TPSA) is 58.6 Å². The second-order valence-electron chi connectivity index (χ2n) is 7.39. The smallest absolute Gasteiger partial charge is 0.322 e. The van der Waals surface area contributed by atoms with Crippen LogP contribution in [0.3, 0.4) is 0 Å². The maximum atomic E-state index is 12.9. The van der Waals surface area contributed by atoms with Crippen molar-refractivity contribution in [3.05, 3.63) is 29.3 Å². The van der Waals surface area contributed by atoms with E-state index in [2.05, 4.69) is 45.1 Å². The second kappa shape index (κ2) is 10.2. The van der Waals surface area contributed by atoms with E-state index in [1.807, 2.05) is 19.9 Å². The largest absolute Gasteiger partial charge is 0.466 e. The van der Waals surface area contributed by atoms with Crippen molar-refractivity contribution in [2.45, 2.75) is 72.8 Å². The van der Waals surface area contributed by atoms with Gasteiger partial charge in [0.2, 0.25) is 0 Å². The van der Waals surface area contributed by atoms with Crippen LogP contribution in [0.1, 0.15) is 77.8 Å². The minimum atomic E-state index is -0.281. The fraction of sp³-hybridized carbons (Fsp3) is 0.619. The van der Waals surface area contributed by atoms with Crippen molar-refractivity contribution >= 4 is 17.7 Å². The number of para-hydroxylation sites is 1. The van der Waals surface area contributed by atoms with Crippen LogP contribution in [0.25, 0.3) is 0 Å². The molecule has 0 bridgehead atoms. The number of anilines is 1. The molecule has 0 saturated heterocycles. The summed E-state index contributed by atoms with van der Waals surface area (Å²) in [6.45, 7) is 14.8. The number of amides is 2. The second-order valence-corrected chi connectivity index (χ2v) is 7.39. The normalized spacial score (nSPS) is 11.2. The number of carbonyl (C=O) groups is 2. The summed E-state index contributed by atoms with van der Waals surface area (Å²) < 4.78 is 4.97. The van der Waals surface area contributed by atoms with Crippen LogP contribution < -0.4 is 5.32 Å². The number of benzene rings is 1. The molecule has 1 N–H and O–H groups in total. The highest BCUT2D eigenvalue weighted by atomic mass is 16.5. The molecular weight excluding hydrogens is 328 g/mol. The molecule has 1 aromatic rings. The Morgan fingerprint density at radius 2 is 1.58 bits per heavy atom. The number of urea groups is 1. The van der Waals surface area contributed by atoms with Crippen LogP contribution in [0.15, 0.2) is 18.2 Å². The quantitative estimate of drug-likeness (QED) is 0.652. The summed E-state index contributed by atoms with van der Waals surface area (Å²) in [4.78, 5) is 26.3. The first-order chi connectivity index (χ1) is 12.2. The monoisotopic (exact) mass is 362 g/mol. The average Bonchev–Trinajstić information content (AvgIpc) is 2.54. The number of hydrogen-bond donors (Lipinski definition) is 1. The van der Waals surface area contributed by atoms with Crippen LogP contribution in [0.2, 0.25) is 0 Å². The van der Waals surface area contributed by atoms with Crippen LogP contribution in [-0.4, -0.2) is 36.1 Å². The first kappa shape index (κ1) is 22.0. The van der Waals surface area contributed by atoms with E-state index in [9.17, 15) is 9.59 Å². The first-order valence-corrected chi connectivity index (χ1v) is 9.55. The van der Waals surface area contributed by atoms with E-state index >= 15 is 0 Å². The number of nitrogens with zero attached hydrogens (tertiary/aromatic N) is 1. The minimum Gasteiger partial charge on any atom is -0.466 e. The molecule has 0 aromatic heterocycles. The predicted molar refractivity (Wildman–Crippen MR) is 107 cm³/mol. The van der Waals surface area contributed by atoms with E-state index in [1.54, 1.807) is 11.8 Å². The zero-order chi connectivity index (χ0) is 19.9. The maximum Gasteiger partial charge on any atom is 0.322 e.